The van der Waals surface area contributed by atoms with Crippen molar-refractivity contribution in [3.63, 3.8) is 0 Å². The highest BCUT2D eigenvalue weighted by Crippen LogP contribution is 2.16. The first-order valence-corrected chi connectivity index (χ1v) is 7.86. The zero-order valence-electron chi connectivity index (χ0n) is 13.3. The fraction of sp³-hybridized carbons (Fsp3) is 0.933. The normalized spacial score (nSPS) is 20.3. The van der Waals surface area contributed by atoms with Gasteiger partial charge < -0.3 is 15.4 Å². The molecule has 0 bridgehead atoms. The van der Waals surface area contributed by atoms with E-state index in [0.717, 1.165) is 32.8 Å². The van der Waals surface area contributed by atoms with E-state index in [2.05, 4.69) is 15.5 Å². The van der Waals surface area contributed by atoms with Crippen molar-refractivity contribution >= 4 is 5.91 Å². The highest BCUT2D eigenvalue weighted by Gasteiger charge is 2.22. The van der Waals surface area contributed by atoms with Gasteiger partial charge >= 0.3 is 0 Å². The predicted octanol–water partition coefficient (Wildman–Crippen LogP) is 0.992. The Kier molecular flexibility index (Phi) is 8.82. The monoisotopic (exact) mass is 285 g/mol. The molecule has 0 saturated carbocycles. The number of methoxy groups -OCH3 is 1. The first kappa shape index (κ1) is 17.4. The highest BCUT2D eigenvalue weighted by atomic mass is 16.5. The maximum Gasteiger partial charge on any atom is 0.221 e. The van der Waals surface area contributed by atoms with Crippen LogP contribution >= 0.6 is 0 Å². The summed E-state index contributed by atoms with van der Waals surface area (Å²) in [6.45, 7) is 8.64. The van der Waals surface area contributed by atoms with Crippen LogP contribution in [-0.4, -0.2) is 62.8 Å². The number of nitrogens with zero attached hydrogens (tertiary/aromatic N) is 1. The van der Waals surface area contributed by atoms with E-state index in [1.807, 2.05) is 13.8 Å². The molecule has 5 nitrogen and oxygen atoms in total. The Labute approximate surface area is 123 Å². The number of piperidine rings is 1. The second-order valence-corrected chi connectivity index (χ2v) is 5.85. The van der Waals surface area contributed by atoms with Crippen molar-refractivity contribution in [2.45, 2.75) is 51.6 Å². The van der Waals surface area contributed by atoms with Crippen molar-refractivity contribution < 1.29 is 9.53 Å². The quantitative estimate of drug-likeness (QED) is 0.620. The molecule has 1 unspecified atom stereocenters. The lowest BCUT2D eigenvalue weighted by molar-refractivity contribution is -0.122. The Balaban J connectivity index is 2.26. The van der Waals surface area contributed by atoms with E-state index in [0.29, 0.717) is 12.5 Å². The average molecular weight is 285 g/mol. The molecule has 1 rings (SSSR count). The van der Waals surface area contributed by atoms with Gasteiger partial charge in [0.05, 0.1) is 6.61 Å². The molecular formula is C15H31N3O2. The van der Waals surface area contributed by atoms with Crippen LogP contribution in [0.2, 0.25) is 0 Å². The lowest BCUT2D eigenvalue weighted by Crippen LogP contribution is -2.47. The molecule has 1 heterocycles. The molecule has 118 valence electrons. The Hall–Kier alpha value is -0.650. The van der Waals surface area contributed by atoms with E-state index in [4.69, 9.17) is 4.74 Å². The van der Waals surface area contributed by atoms with Gasteiger partial charge in [-0.1, -0.05) is 6.42 Å². The highest BCUT2D eigenvalue weighted by molar-refractivity contribution is 5.76. The lowest BCUT2D eigenvalue weighted by Gasteiger charge is -2.35. The van der Waals surface area contributed by atoms with Crippen molar-refractivity contribution in [1.29, 1.82) is 0 Å². The molecule has 1 aliphatic heterocycles. The SMILES string of the molecule is COCCNCC1CCCCN1CCC(=O)NC(C)C. The molecule has 1 saturated heterocycles. The molecule has 5 heteroatoms. The number of nitrogens with one attached hydrogen (secondary N) is 2. The Morgan fingerprint density at radius 3 is 2.90 bits per heavy atom. The standard InChI is InChI=1S/C15H31N3O2/c1-13(2)17-15(19)7-10-18-9-5-4-6-14(18)12-16-8-11-20-3/h13-14,16H,4-12H2,1-3H3,(H,17,19). The third-order valence-electron chi connectivity index (χ3n) is 3.69. The van der Waals surface area contributed by atoms with E-state index >= 15 is 0 Å². The number of hydrogen-bond acceptors (Lipinski definition) is 4. The van der Waals surface area contributed by atoms with Crippen LogP contribution in [-0.2, 0) is 9.53 Å². The summed E-state index contributed by atoms with van der Waals surface area (Å²) < 4.78 is 5.04. The zero-order chi connectivity index (χ0) is 14.8. The summed E-state index contributed by atoms with van der Waals surface area (Å²) in [6, 6.07) is 0.794. The topological polar surface area (TPSA) is 53.6 Å². The molecule has 0 aromatic carbocycles. The summed E-state index contributed by atoms with van der Waals surface area (Å²) >= 11 is 0. The van der Waals surface area contributed by atoms with Crippen LogP contribution in [0.4, 0.5) is 0 Å². The number of ether oxygens (including phenoxy) is 1. The fourth-order valence-electron chi connectivity index (χ4n) is 2.67. The minimum atomic E-state index is 0.164. The van der Waals surface area contributed by atoms with Gasteiger partial charge in [-0.3, -0.25) is 9.69 Å². The molecule has 20 heavy (non-hydrogen) atoms. The first-order chi connectivity index (χ1) is 9.63. The molecule has 2 N–H and O–H groups in total. The summed E-state index contributed by atoms with van der Waals surface area (Å²) in [5, 5.41) is 6.40. The number of rotatable bonds is 9. The number of amides is 1. The number of likely N-dealkylation sites (tertiary alicyclic amines) is 1. The molecule has 1 aliphatic rings. The summed E-state index contributed by atoms with van der Waals surface area (Å²) in [5.41, 5.74) is 0. The van der Waals surface area contributed by atoms with E-state index < -0.39 is 0 Å². The van der Waals surface area contributed by atoms with Gasteiger partial charge in [-0.05, 0) is 33.2 Å². The van der Waals surface area contributed by atoms with Gasteiger partial charge in [-0.2, -0.15) is 0 Å². The molecule has 0 aromatic heterocycles. The molecular weight excluding hydrogens is 254 g/mol. The molecule has 0 aromatic rings. The minimum absolute atomic E-state index is 0.164. The predicted molar refractivity (Wildman–Crippen MR) is 81.9 cm³/mol. The van der Waals surface area contributed by atoms with Gasteiger partial charge in [0, 0.05) is 45.2 Å². The lowest BCUT2D eigenvalue weighted by atomic mass is 10.0. The molecule has 1 fully saturated rings. The van der Waals surface area contributed by atoms with Gasteiger partial charge in [0.1, 0.15) is 0 Å². The van der Waals surface area contributed by atoms with Crippen LogP contribution in [0.25, 0.3) is 0 Å². The summed E-state index contributed by atoms with van der Waals surface area (Å²) in [5.74, 6) is 0.164. The van der Waals surface area contributed by atoms with Gasteiger partial charge in [0.2, 0.25) is 5.91 Å². The third-order valence-corrected chi connectivity index (χ3v) is 3.69. The molecule has 0 aliphatic carbocycles. The average Bonchev–Trinajstić information content (AvgIpc) is 2.41. The van der Waals surface area contributed by atoms with Gasteiger partial charge in [-0.25, -0.2) is 0 Å². The van der Waals surface area contributed by atoms with Crippen molar-refractivity contribution in [2.75, 3.05) is 39.9 Å². The van der Waals surface area contributed by atoms with E-state index in [1.54, 1.807) is 7.11 Å². The van der Waals surface area contributed by atoms with E-state index in [-0.39, 0.29) is 11.9 Å². The molecule has 1 amide bonds. The second kappa shape index (κ2) is 10.1. The fourth-order valence-corrected chi connectivity index (χ4v) is 2.67. The molecule has 0 spiro atoms. The molecule has 1 atom stereocenters. The van der Waals surface area contributed by atoms with Crippen LogP contribution in [0.1, 0.15) is 39.5 Å². The summed E-state index contributed by atoms with van der Waals surface area (Å²) in [4.78, 5) is 14.2. The van der Waals surface area contributed by atoms with Crippen molar-refractivity contribution in [3.8, 4) is 0 Å². The van der Waals surface area contributed by atoms with Crippen LogP contribution in [0.3, 0.4) is 0 Å². The molecule has 0 radical (unpaired) electrons. The van der Waals surface area contributed by atoms with Crippen LogP contribution in [0, 0.1) is 0 Å². The van der Waals surface area contributed by atoms with Crippen molar-refractivity contribution in [2.24, 2.45) is 0 Å². The number of carbonyl (C=O) groups excluding carboxylic acids is 1. The third kappa shape index (κ3) is 7.22. The number of carbonyl (C=O) groups is 1. The Morgan fingerprint density at radius 2 is 2.20 bits per heavy atom. The van der Waals surface area contributed by atoms with Gasteiger partial charge in [0.15, 0.2) is 0 Å². The second-order valence-electron chi connectivity index (χ2n) is 5.85. The minimum Gasteiger partial charge on any atom is -0.383 e. The summed E-state index contributed by atoms with van der Waals surface area (Å²) in [6.07, 6.45) is 4.38. The van der Waals surface area contributed by atoms with Crippen LogP contribution in [0.15, 0.2) is 0 Å². The maximum atomic E-state index is 11.7. The zero-order valence-corrected chi connectivity index (χ0v) is 13.3. The van der Waals surface area contributed by atoms with Crippen molar-refractivity contribution in [1.82, 2.24) is 15.5 Å². The Bertz CT molecular complexity index is 272. The maximum absolute atomic E-state index is 11.7. The largest absolute Gasteiger partial charge is 0.383 e. The smallest absolute Gasteiger partial charge is 0.221 e. The van der Waals surface area contributed by atoms with E-state index in [9.17, 15) is 4.79 Å². The summed E-state index contributed by atoms with van der Waals surface area (Å²) in [7, 11) is 1.72. The van der Waals surface area contributed by atoms with Gasteiger partial charge in [-0.15, -0.1) is 0 Å². The van der Waals surface area contributed by atoms with Crippen LogP contribution in [0.5, 0.6) is 0 Å². The van der Waals surface area contributed by atoms with E-state index in [1.165, 1.54) is 19.3 Å². The Morgan fingerprint density at radius 1 is 1.40 bits per heavy atom. The van der Waals surface area contributed by atoms with Crippen LogP contribution < -0.4 is 10.6 Å². The number of hydrogen-bond donors (Lipinski definition) is 2. The van der Waals surface area contributed by atoms with Gasteiger partial charge in [0.25, 0.3) is 0 Å². The first-order valence-electron chi connectivity index (χ1n) is 7.86. The van der Waals surface area contributed by atoms with Crippen molar-refractivity contribution in [3.05, 3.63) is 0 Å².